The minimum atomic E-state index is -5.22. The highest BCUT2D eigenvalue weighted by Gasteiger charge is 2.36. The van der Waals surface area contributed by atoms with Crippen molar-refractivity contribution in [2.45, 2.75) is 0 Å². The van der Waals surface area contributed by atoms with Crippen LogP contribution in [0.5, 0.6) is 0 Å². The average molecular weight is 257 g/mol. The Bertz CT molecular complexity index is 371. The van der Waals surface area contributed by atoms with Crippen molar-refractivity contribution in [3.05, 3.63) is 0 Å². The van der Waals surface area contributed by atoms with E-state index in [0.717, 1.165) is 13.8 Å². The van der Waals surface area contributed by atoms with E-state index in [0.29, 0.717) is 0 Å². The zero-order valence-electron chi connectivity index (χ0n) is 6.60. The van der Waals surface area contributed by atoms with Gasteiger partial charge in [-0.1, -0.05) is 0 Å². The summed E-state index contributed by atoms with van der Waals surface area (Å²) in [4.78, 5) is 0. The molecule has 11 heteroatoms. The number of rotatable bonds is 1. The fourth-order valence-corrected chi connectivity index (χ4v) is 6.88. The van der Waals surface area contributed by atoms with Gasteiger partial charge in [-0.25, -0.2) is 0 Å². The summed E-state index contributed by atoms with van der Waals surface area (Å²) in [6, 6.07) is 0. The van der Waals surface area contributed by atoms with Crippen molar-refractivity contribution in [2.24, 2.45) is 13.5 Å². The van der Waals surface area contributed by atoms with Crippen molar-refractivity contribution in [2.75, 3.05) is 13.8 Å². The van der Waals surface area contributed by atoms with Gasteiger partial charge in [0.25, 0.3) is 0 Å². The molecular formula is C2H6F4N3OP3. The summed E-state index contributed by atoms with van der Waals surface area (Å²) in [5, 5.41) is 0. The van der Waals surface area contributed by atoms with E-state index in [1.54, 1.807) is 0 Å². The van der Waals surface area contributed by atoms with Gasteiger partial charge in [-0.05, 0) is 0 Å². The molecule has 0 aliphatic carbocycles. The quantitative estimate of drug-likeness (QED) is 0.477. The molecule has 0 aromatic rings. The molecule has 0 saturated heterocycles. The van der Waals surface area contributed by atoms with E-state index < -0.39 is 23.1 Å². The molecule has 0 saturated carbocycles. The van der Waals surface area contributed by atoms with Crippen LogP contribution in [0.2, 0.25) is 0 Å². The molecule has 2 atom stereocenters. The van der Waals surface area contributed by atoms with E-state index in [-0.39, 0.29) is 0 Å². The first-order valence-corrected chi connectivity index (χ1v) is 7.93. The summed E-state index contributed by atoms with van der Waals surface area (Å²) in [6.45, 7) is 0.739. The third-order valence-electron chi connectivity index (χ3n) is 0.995. The standard InChI is InChI=1S/C2H6F4N3OP3/c1-10-13(6)8-11(2,3)7-12(4,5)9-13/h1-2H3. The van der Waals surface area contributed by atoms with E-state index in [1.165, 1.54) is 0 Å². The Morgan fingerprint density at radius 3 is 1.92 bits per heavy atom. The van der Waals surface area contributed by atoms with Crippen LogP contribution >= 0.6 is 23.1 Å². The van der Waals surface area contributed by atoms with Gasteiger partial charge in [-0.3, -0.25) is 0 Å². The third-order valence-corrected chi connectivity index (χ3v) is 7.56. The molecule has 0 spiro atoms. The lowest BCUT2D eigenvalue weighted by molar-refractivity contribution is 0.420. The number of nitrogens with zero attached hydrogens (tertiary/aromatic N) is 3. The van der Waals surface area contributed by atoms with Gasteiger partial charge in [-0.2, -0.15) is 17.4 Å². The monoisotopic (exact) mass is 257 g/mol. The molecule has 78 valence electrons. The molecule has 1 aliphatic heterocycles. The lowest BCUT2D eigenvalue weighted by Gasteiger charge is -2.16. The summed E-state index contributed by atoms with van der Waals surface area (Å²) in [5.41, 5.74) is 0. The van der Waals surface area contributed by atoms with E-state index in [1.807, 2.05) is 0 Å². The van der Waals surface area contributed by atoms with Gasteiger partial charge < -0.3 is 4.52 Å². The highest BCUT2D eigenvalue weighted by Crippen LogP contribution is 2.80. The first-order valence-electron chi connectivity index (χ1n) is 2.91. The maximum absolute atomic E-state index is 13.1. The highest BCUT2D eigenvalue weighted by molar-refractivity contribution is 7.79. The third kappa shape index (κ3) is 2.91. The Morgan fingerprint density at radius 2 is 1.54 bits per heavy atom. The lowest BCUT2D eigenvalue weighted by Crippen LogP contribution is -1.78. The molecule has 0 N–H and O–H groups in total. The molecule has 0 aromatic carbocycles. The van der Waals surface area contributed by atoms with Crippen molar-refractivity contribution in [1.29, 1.82) is 0 Å². The van der Waals surface area contributed by atoms with Crippen LogP contribution < -0.4 is 0 Å². The zero-order chi connectivity index (χ0) is 10.3. The molecule has 1 rings (SSSR count). The van der Waals surface area contributed by atoms with E-state index in [2.05, 4.69) is 18.1 Å². The second-order valence-electron chi connectivity index (χ2n) is 2.19. The fourth-order valence-electron chi connectivity index (χ4n) is 0.657. The first-order chi connectivity index (χ1) is 5.68. The number of halogens is 4. The summed E-state index contributed by atoms with van der Waals surface area (Å²) >= 11 is 0. The molecule has 0 aromatic heterocycles. The van der Waals surface area contributed by atoms with Crippen molar-refractivity contribution < 1.29 is 21.3 Å². The Labute approximate surface area is 72.6 Å². The summed E-state index contributed by atoms with van der Waals surface area (Å²) in [6.07, 6.45) is 0. The van der Waals surface area contributed by atoms with E-state index >= 15 is 0 Å². The van der Waals surface area contributed by atoms with Crippen LogP contribution in [0, 0.1) is 0 Å². The number of hydrogen-bond donors (Lipinski definition) is 0. The van der Waals surface area contributed by atoms with Crippen LogP contribution in [0.1, 0.15) is 0 Å². The van der Waals surface area contributed by atoms with Gasteiger partial charge in [0.15, 0.2) is 0 Å². The van der Waals surface area contributed by atoms with Crippen LogP contribution in [0.3, 0.4) is 0 Å². The van der Waals surface area contributed by atoms with Gasteiger partial charge in [0.2, 0.25) is 7.52 Å². The van der Waals surface area contributed by atoms with Gasteiger partial charge in [0.1, 0.15) is 0 Å². The Kier molecular flexibility index (Phi) is 2.81. The van der Waals surface area contributed by atoms with Crippen LogP contribution in [0.4, 0.5) is 16.8 Å². The van der Waals surface area contributed by atoms with Gasteiger partial charge in [0, 0.05) is 13.8 Å². The van der Waals surface area contributed by atoms with Crippen molar-refractivity contribution >= 4 is 23.1 Å². The molecule has 13 heavy (non-hydrogen) atoms. The van der Waals surface area contributed by atoms with Crippen molar-refractivity contribution in [3.8, 4) is 0 Å². The largest absolute Gasteiger partial charge is 0.423 e. The topological polar surface area (TPSA) is 46.3 Å². The molecular weight excluding hydrogens is 251 g/mol. The second-order valence-corrected chi connectivity index (χ2v) is 8.18. The first kappa shape index (κ1) is 11.4. The molecule has 0 radical (unpaired) electrons. The molecule has 4 nitrogen and oxygen atoms in total. The normalized spacial score (nSPS) is 42.9. The second kappa shape index (κ2) is 3.20. The van der Waals surface area contributed by atoms with E-state index in [9.17, 15) is 16.8 Å². The molecule has 1 heterocycles. The van der Waals surface area contributed by atoms with Gasteiger partial charge in [0.05, 0.1) is 0 Å². The molecule has 0 bridgehead atoms. The summed E-state index contributed by atoms with van der Waals surface area (Å²) < 4.78 is 63.1. The van der Waals surface area contributed by atoms with E-state index in [4.69, 9.17) is 0 Å². The molecule has 0 fully saturated rings. The van der Waals surface area contributed by atoms with Crippen LogP contribution in [-0.4, -0.2) is 13.8 Å². The predicted octanol–water partition coefficient (Wildman–Crippen LogP) is 5.08. The fraction of sp³-hybridized carbons (Fsp3) is 1.00. The zero-order valence-corrected chi connectivity index (χ0v) is 9.29. The highest BCUT2D eigenvalue weighted by atomic mass is 31.3. The SMILES string of the molecule is COP1(F)=NP(C)(F)=NP(F)(F)=N1. The molecule has 1 aliphatic rings. The molecule has 2 unspecified atom stereocenters. The Hall–Kier alpha value is 0.370. The minimum Gasteiger partial charge on any atom is -0.307 e. The Balaban J connectivity index is 3.44. The Morgan fingerprint density at radius 1 is 1.00 bits per heavy atom. The van der Waals surface area contributed by atoms with Gasteiger partial charge >= 0.3 is 15.6 Å². The predicted molar refractivity (Wildman–Crippen MR) is 45.4 cm³/mol. The maximum atomic E-state index is 13.1. The lowest BCUT2D eigenvalue weighted by atomic mass is 11.8. The molecule has 0 amide bonds. The number of hydrogen-bond acceptors (Lipinski definition) is 4. The summed E-state index contributed by atoms with van der Waals surface area (Å²) in [7, 11) is -12.9. The van der Waals surface area contributed by atoms with Crippen molar-refractivity contribution in [1.82, 2.24) is 0 Å². The van der Waals surface area contributed by atoms with Crippen LogP contribution in [0.25, 0.3) is 0 Å². The van der Waals surface area contributed by atoms with Gasteiger partial charge in [-0.15, -0.1) is 12.9 Å². The minimum absolute atomic E-state index is 0.739. The summed E-state index contributed by atoms with van der Waals surface area (Å²) in [5.74, 6) is 0. The smallest absolute Gasteiger partial charge is 0.307 e. The van der Waals surface area contributed by atoms with Crippen molar-refractivity contribution in [3.63, 3.8) is 0 Å². The van der Waals surface area contributed by atoms with Crippen LogP contribution in [0.15, 0.2) is 13.5 Å². The van der Waals surface area contributed by atoms with Crippen LogP contribution in [-0.2, 0) is 4.52 Å². The average Bonchev–Trinajstić information content (AvgIpc) is 1.79. The maximum Gasteiger partial charge on any atom is 0.423 e.